The SMILES string of the molecule is CN1C(=O)C2(CCN(C(=O)c3ccccc3-c3ccccc3)CC2)CC1Cc1ccc(F)cc1. The molecule has 2 aliphatic heterocycles. The van der Waals surface area contributed by atoms with Crippen LogP contribution in [0, 0.1) is 11.2 Å². The van der Waals surface area contributed by atoms with Gasteiger partial charge in [-0.1, -0.05) is 60.7 Å². The average molecular weight is 457 g/mol. The Morgan fingerprint density at radius 1 is 0.941 bits per heavy atom. The lowest BCUT2D eigenvalue weighted by Crippen LogP contribution is -2.46. The van der Waals surface area contributed by atoms with Gasteiger partial charge in [0.2, 0.25) is 5.91 Å². The molecule has 0 bridgehead atoms. The molecule has 1 atom stereocenters. The number of amides is 2. The van der Waals surface area contributed by atoms with E-state index in [-0.39, 0.29) is 23.7 Å². The van der Waals surface area contributed by atoms with Gasteiger partial charge in [0, 0.05) is 31.7 Å². The Hall–Kier alpha value is -3.47. The third-order valence-electron chi connectivity index (χ3n) is 7.58. The maximum Gasteiger partial charge on any atom is 0.254 e. The second kappa shape index (κ2) is 9.05. The van der Waals surface area contributed by atoms with Crippen LogP contribution in [-0.2, 0) is 11.2 Å². The molecule has 0 saturated carbocycles. The number of likely N-dealkylation sites (N-methyl/N-ethyl adjacent to an activating group) is 1. The van der Waals surface area contributed by atoms with E-state index in [1.807, 2.05) is 71.4 Å². The molecule has 2 fully saturated rings. The smallest absolute Gasteiger partial charge is 0.254 e. The molecule has 3 aromatic carbocycles. The van der Waals surface area contributed by atoms with Crippen LogP contribution in [0.5, 0.6) is 0 Å². The number of piperidine rings is 1. The van der Waals surface area contributed by atoms with Gasteiger partial charge in [0.15, 0.2) is 0 Å². The summed E-state index contributed by atoms with van der Waals surface area (Å²) in [5.74, 6) is -0.0469. The summed E-state index contributed by atoms with van der Waals surface area (Å²) in [6, 6.07) is 24.3. The van der Waals surface area contributed by atoms with Crippen LogP contribution in [0.4, 0.5) is 4.39 Å². The Morgan fingerprint density at radius 3 is 2.29 bits per heavy atom. The van der Waals surface area contributed by atoms with Crippen LogP contribution in [0.15, 0.2) is 78.9 Å². The molecule has 2 saturated heterocycles. The van der Waals surface area contributed by atoms with Gasteiger partial charge in [-0.2, -0.15) is 0 Å². The minimum Gasteiger partial charge on any atom is -0.342 e. The number of benzene rings is 3. The summed E-state index contributed by atoms with van der Waals surface area (Å²) in [6.45, 7) is 1.15. The largest absolute Gasteiger partial charge is 0.342 e. The van der Waals surface area contributed by atoms with Crippen LogP contribution in [0.25, 0.3) is 11.1 Å². The number of nitrogens with zero attached hydrogens (tertiary/aromatic N) is 2. The molecule has 0 aliphatic carbocycles. The molecule has 2 heterocycles. The van der Waals surface area contributed by atoms with Gasteiger partial charge in [-0.15, -0.1) is 0 Å². The summed E-state index contributed by atoms with van der Waals surface area (Å²) in [6.07, 6.45) is 2.85. The van der Waals surface area contributed by atoms with E-state index in [4.69, 9.17) is 0 Å². The molecule has 4 nitrogen and oxygen atoms in total. The number of hydrogen-bond donors (Lipinski definition) is 0. The number of likely N-dealkylation sites (tertiary alicyclic amines) is 2. The Kier molecular flexibility index (Phi) is 5.94. The summed E-state index contributed by atoms with van der Waals surface area (Å²) in [7, 11) is 1.87. The molecule has 174 valence electrons. The number of hydrogen-bond acceptors (Lipinski definition) is 2. The van der Waals surface area contributed by atoms with E-state index in [1.165, 1.54) is 12.1 Å². The Labute approximate surface area is 200 Å². The molecule has 0 radical (unpaired) electrons. The highest BCUT2D eigenvalue weighted by molar-refractivity contribution is 6.01. The molecule has 2 aliphatic rings. The first-order valence-electron chi connectivity index (χ1n) is 11.9. The summed E-state index contributed by atoms with van der Waals surface area (Å²) in [5, 5.41) is 0. The molecule has 0 N–H and O–H groups in total. The first-order valence-corrected chi connectivity index (χ1v) is 11.9. The van der Waals surface area contributed by atoms with E-state index in [9.17, 15) is 14.0 Å². The highest BCUT2D eigenvalue weighted by Gasteiger charge is 2.51. The van der Waals surface area contributed by atoms with Crippen LogP contribution < -0.4 is 0 Å². The molecule has 3 aromatic rings. The van der Waals surface area contributed by atoms with Crippen LogP contribution in [0.3, 0.4) is 0 Å². The van der Waals surface area contributed by atoms with Gasteiger partial charge in [-0.05, 0) is 60.6 Å². The molecule has 0 aromatic heterocycles. The van der Waals surface area contributed by atoms with Gasteiger partial charge in [0.1, 0.15) is 5.82 Å². The molecule has 1 spiro atoms. The average Bonchev–Trinajstić information content (AvgIpc) is 3.10. The lowest BCUT2D eigenvalue weighted by atomic mass is 9.75. The van der Waals surface area contributed by atoms with E-state index in [0.717, 1.165) is 29.5 Å². The summed E-state index contributed by atoms with van der Waals surface area (Å²) >= 11 is 0. The Bertz CT molecular complexity index is 1180. The third-order valence-corrected chi connectivity index (χ3v) is 7.58. The first kappa shape index (κ1) is 22.3. The molecule has 5 heteroatoms. The Balaban J connectivity index is 1.29. The minimum atomic E-state index is -0.408. The van der Waals surface area contributed by atoms with Crippen molar-refractivity contribution >= 4 is 11.8 Å². The predicted molar refractivity (Wildman–Crippen MR) is 131 cm³/mol. The van der Waals surface area contributed by atoms with Crippen molar-refractivity contribution in [2.75, 3.05) is 20.1 Å². The summed E-state index contributed by atoms with van der Waals surface area (Å²) < 4.78 is 13.3. The molecular formula is C29H29FN2O2. The van der Waals surface area contributed by atoms with Crippen molar-refractivity contribution in [3.05, 3.63) is 95.8 Å². The standard InChI is InChI=1S/C29H29FN2O2/c1-31-24(19-21-11-13-23(30)14-12-21)20-29(28(31)34)15-17-32(18-16-29)27(33)26-10-6-5-9-25(26)22-7-3-2-4-8-22/h2-14,24H,15-20H2,1H3. The zero-order chi connectivity index (χ0) is 23.7. The van der Waals surface area contributed by atoms with E-state index < -0.39 is 5.41 Å². The van der Waals surface area contributed by atoms with Crippen LogP contribution in [-0.4, -0.2) is 47.8 Å². The fourth-order valence-electron chi connectivity index (χ4n) is 5.58. The van der Waals surface area contributed by atoms with Gasteiger partial charge in [0.25, 0.3) is 5.91 Å². The number of carbonyl (C=O) groups is 2. The zero-order valence-electron chi connectivity index (χ0n) is 19.4. The van der Waals surface area contributed by atoms with Crippen molar-refractivity contribution in [1.82, 2.24) is 9.80 Å². The monoisotopic (exact) mass is 456 g/mol. The molecule has 2 amide bonds. The van der Waals surface area contributed by atoms with Gasteiger partial charge in [0.05, 0.1) is 5.41 Å². The normalized spacial score (nSPS) is 19.6. The second-order valence-electron chi connectivity index (χ2n) is 9.59. The molecule has 1 unspecified atom stereocenters. The van der Waals surface area contributed by atoms with Gasteiger partial charge < -0.3 is 9.80 Å². The van der Waals surface area contributed by atoms with Crippen LogP contribution in [0.1, 0.15) is 35.2 Å². The topological polar surface area (TPSA) is 40.6 Å². The number of carbonyl (C=O) groups excluding carboxylic acids is 2. The quantitative estimate of drug-likeness (QED) is 0.542. The molecular weight excluding hydrogens is 427 g/mol. The van der Waals surface area contributed by atoms with E-state index in [1.54, 1.807) is 12.1 Å². The highest BCUT2D eigenvalue weighted by atomic mass is 19.1. The fraction of sp³-hybridized carbons (Fsp3) is 0.310. The summed E-state index contributed by atoms with van der Waals surface area (Å²) in [4.78, 5) is 30.5. The summed E-state index contributed by atoms with van der Waals surface area (Å²) in [5.41, 5.74) is 3.29. The second-order valence-corrected chi connectivity index (χ2v) is 9.59. The van der Waals surface area contributed by atoms with Crippen molar-refractivity contribution in [2.24, 2.45) is 5.41 Å². The van der Waals surface area contributed by atoms with Crippen LogP contribution in [0.2, 0.25) is 0 Å². The van der Waals surface area contributed by atoms with E-state index >= 15 is 0 Å². The molecule has 34 heavy (non-hydrogen) atoms. The Morgan fingerprint density at radius 2 is 1.59 bits per heavy atom. The van der Waals surface area contributed by atoms with Crippen molar-refractivity contribution in [2.45, 2.75) is 31.7 Å². The predicted octanol–water partition coefficient (Wildman–Crippen LogP) is 5.19. The van der Waals surface area contributed by atoms with Gasteiger partial charge in [-0.25, -0.2) is 4.39 Å². The lowest BCUT2D eigenvalue weighted by Gasteiger charge is -2.38. The van der Waals surface area contributed by atoms with Crippen molar-refractivity contribution in [3.8, 4) is 11.1 Å². The van der Waals surface area contributed by atoms with Gasteiger partial charge >= 0.3 is 0 Å². The van der Waals surface area contributed by atoms with E-state index in [2.05, 4.69) is 0 Å². The number of halogens is 1. The first-order chi connectivity index (χ1) is 16.5. The zero-order valence-corrected chi connectivity index (χ0v) is 19.4. The van der Waals surface area contributed by atoms with Crippen molar-refractivity contribution < 1.29 is 14.0 Å². The van der Waals surface area contributed by atoms with Crippen molar-refractivity contribution in [3.63, 3.8) is 0 Å². The van der Waals surface area contributed by atoms with Gasteiger partial charge in [-0.3, -0.25) is 9.59 Å². The maximum atomic E-state index is 13.5. The van der Waals surface area contributed by atoms with E-state index in [0.29, 0.717) is 31.5 Å². The third kappa shape index (κ3) is 4.11. The highest BCUT2D eigenvalue weighted by Crippen LogP contribution is 2.45. The minimum absolute atomic E-state index is 0.0240. The maximum absolute atomic E-state index is 13.5. The molecule has 5 rings (SSSR count). The lowest BCUT2D eigenvalue weighted by molar-refractivity contribution is -0.137. The van der Waals surface area contributed by atoms with Crippen molar-refractivity contribution in [1.29, 1.82) is 0 Å². The number of rotatable bonds is 4. The van der Waals surface area contributed by atoms with Crippen LogP contribution >= 0.6 is 0 Å². The fourth-order valence-corrected chi connectivity index (χ4v) is 5.58.